The van der Waals surface area contributed by atoms with Crippen molar-refractivity contribution in [3.63, 3.8) is 0 Å². The number of nitrogens with zero attached hydrogens (tertiary/aromatic N) is 1. The highest BCUT2D eigenvalue weighted by Crippen LogP contribution is 2.22. The topological polar surface area (TPSA) is 64.8 Å². The lowest BCUT2D eigenvalue weighted by Gasteiger charge is -2.32. The van der Waals surface area contributed by atoms with E-state index in [-0.39, 0.29) is 6.10 Å². The van der Waals surface area contributed by atoms with Gasteiger partial charge >= 0.3 is 5.97 Å². The number of benzene rings is 1. The van der Waals surface area contributed by atoms with Gasteiger partial charge in [-0.1, -0.05) is 30.3 Å². The molecule has 2 N–H and O–H groups in total. The van der Waals surface area contributed by atoms with Crippen LogP contribution >= 0.6 is 0 Å². The first-order chi connectivity index (χ1) is 10.1. The molecule has 0 saturated carbocycles. The van der Waals surface area contributed by atoms with Crippen molar-refractivity contribution < 1.29 is 14.3 Å². The van der Waals surface area contributed by atoms with Gasteiger partial charge < -0.3 is 20.1 Å². The summed E-state index contributed by atoms with van der Waals surface area (Å²) in [5.74, 6) is -0.423. The van der Waals surface area contributed by atoms with Crippen LogP contribution in [-0.2, 0) is 19.8 Å². The van der Waals surface area contributed by atoms with Gasteiger partial charge in [-0.25, -0.2) is 4.79 Å². The second-order valence-electron chi connectivity index (χ2n) is 5.66. The van der Waals surface area contributed by atoms with Crippen LogP contribution in [0.4, 0.5) is 0 Å². The van der Waals surface area contributed by atoms with Crippen molar-refractivity contribution in [2.24, 2.45) is 5.73 Å². The summed E-state index contributed by atoms with van der Waals surface area (Å²) in [6.07, 6.45) is 2.39. The summed E-state index contributed by atoms with van der Waals surface area (Å²) in [6.45, 7) is 1.98. The average molecular weight is 292 g/mol. The molecule has 1 fully saturated rings. The Bertz CT molecular complexity index is 460. The molecule has 1 aliphatic rings. The fourth-order valence-electron chi connectivity index (χ4n) is 2.82. The zero-order valence-corrected chi connectivity index (χ0v) is 12.7. The Morgan fingerprint density at radius 3 is 2.76 bits per heavy atom. The third-order valence-corrected chi connectivity index (χ3v) is 3.90. The van der Waals surface area contributed by atoms with Gasteiger partial charge in [0.1, 0.15) is 0 Å². The van der Waals surface area contributed by atoms with Crippen molar-refractivity contribution in [3.05, 3.63) is 35.9 Å². The predicted octanol–water partition coefficient (Wildman–Crippen LogP) is 1.12. The maximum Gasteiger partial charge on any atom is 0.331 e. The third kappa shape index (κ3) is 3.81. The number of nitrogens with two attached hydrogens (primary N) is 1. The van der Waals surface area contributed by atoms with E-state index in [0.29, 0.717) is 6.54 Å². The molecule has 5 nitrogen and oxygen atoms in total. The molecular formula is C16H24N2O3. The molecule has 0 radical (unpaired) electrons. The first kappa shape index (κ1) is 15.9. The lowest BCUT2D eigenvalue weighted by molar-refractivity contribution is -0.148. The van der Waals surface area contributed by atoms with Crippen LogP contribution < -0.4 is 5.73 Å². The summed E-state index contributed by atoms with van der Waals surface area (Å²) in [4.78, 5) is 14.2. The van der Waals surface area contributed by atoms with Crippen LogP contribution in [0.2, 0.25) is 0 Å². The van der Waals surface area contributed by atoms with Gasteiger partial charge in [0, 0.05) is 19.7 Å². The summed E-state index contributed by atoms with van der Waals surface area (Å²) in [7, 11) is 3.32. The quantitative estimate of drug-likeness (QED) is 0.796. The summed E-state index contributed by atoms with van der Waals surface area (Å²) in [5, 5.41) is 0. The summed E-state index contributed by atoms with van der Waals surface area (Å²) >= 11 is 0. The van der Waals surface area contributed by atoms with Crippen LogP contribution in [0.5, 0.6) is 0 Å². The van der Waals surface area contributed by atoms with Crippen LogP contribution in [0.25, 0.3) is 0 Å². The van der Waals surface area contributed by atoms with Gasteiger partial charge in [-0.15, -0.1) is 0 Å². The lowest BCUT2D eigenvalue weighted by Crippen LogP contribution is -2.54. The predicted molar refractivity (Wildman–Crippen MR) is 80.8 cm³/mol. The van der Waals surface area contributed by atoms with Crippen molar-refractivity contribution in [2.75, 3.05) is 33.9 Å². The Morgan fingerprint density at radius 1 is 1.48 bits per heavy atom. The van der Waals surface area contributed by atoms with Gasteiger partial charge in [-0.05, 0) is 25.5 Å². The minimum atomic E-state index is -1.16. The number of methoxy groups -OCH3 is 1. The van der Waals surface area contributed by atoms with Crippen molar-refractivity contribution in [2.45, 2.75) is 24.5 Å². The molecule has 0 spiro atoms. The molecule has 0 aromatic heterocycles. The zero-order chi connectivity index (χ0) is 15.3. The van der Waals surface area contributed by atoms with E-state index < -0.39 is 11.5 Å². The maximum atomic E-state index is 12.2. The highest BCUT2D eigenvalue weighted by atomic mass is 16.5. The lowest BCUT2D eigenvalue weighted by atomic mass is 9.90. The molecule has 2 unspecified atom stereocenters. The Balaban J connectivity index is 2.10. The van der Waals surface area contributed by atoms with Crippen molar-refractivity contribution in [1.29, 1.82) is 0 Å². The van der Waals surface area contributed by atoms with Gasteiger partial charge in [0.05, 0.1) is 13.2 Å². The molecule has 1 aromatic carbocycles. The molecule has 5 heteroatoms. The van der Waals surface area contributed by atoms with E-state index in [9.17, 15) is 4.79 Å². The Kier molecular flexibility index (Phi) is 5.33. The summed E-state index contributed by atoms with van der Waals surface area (Å²) in [6, 6.07) is 9.37. The van der Waals surface area contributed by atoms with Crippen molar-refractivity contribution in [1.82, 2.24) is 4.90 Å². The molecule has 1 saturated heterocycles. The number of rotatable bonds is 6. The fourth-order valence-corrected chi connectivity index (χ4v) is 2.82. The number of carbonyl (C=O) groups is 1. The first-order valence-electron chi connectivity index (χ1n) is 7.29. The van der Waals surface area contributed by atoms with E-state index in [0.717, 1.165) is 31.6 Å². The average Bonchev–Trinajstić information content (AvgIpc) is 2.99. The number of hydrogen-bond donors (Lipinski definition) is 1. The van der Waals surface area contributed by atoms with Crippen LogP contribution in [0.3, 0.4) is 0 Å². The number of likely N-dealkylation sites (N-methyl/N-ethyl adjacent to an activating group) is 1. The minimum absolute atomic E-state index is 0.229. The van der Waals surface area contributed by atoms with Crippen LogP contribution in [-0.4, -0.2) is 50.8 Å². The molecule has 1 heterocycles. The fraction of sp³-hybridized carbons (Fsp3) is 0.562. The number of carbonyl (C=O) groups excluding carboxylic acids is 1. The maximum absolute atomic E-state index is 12.2. The van der Waals surface area contributed by atoms with E-state index in [1.807, 2.05) is 42.3 Å². The van der Waals surface area contributed by atoms with Crippen LogP contribution in [0.15, 0.2) is 30.3 Å². The van der Waals surface area contributed by atoms with Gasteiger partial charge in [-0.3, -0.25) is 0 Å². The Hall–Kier alpha value is -1.43. The van der Waals surface area contributed by atoms with Gasteiger partial charge in [0.2, 0.25) is 0 Å². The monoisotopic (exact) mass is 292 g/mol. The van der Waals surface area contributed by atoms with E-state index >= 15 is 0 Å². The second kappa shape index (κ2) is 7.02. The van der Waals surface area contributed by atoms with Crippen LogP contribution in [0.1, 0.15) is 18.4 Å². The molecular weight excluding hydrogens is 268 g/mol. The molecule has 0 aliphatic carbocycles. The first-order valence-corrected chi connectivity index (χ1v) is 7.29. The molecule has 2 atom stereocenters. The Labute approximate surface area is 126 Å². The standard InChI is InChI=1S/C16H24N2O3/c1-18(11-14-9-6-10-21-14)12-16(17,15(19)20-2)13-7-4-3-5-8-13/h3-5,7-8,14H,6,9-12,17H2,1-2H3. The molecule has 0 bridgehead atoms. The second-order valence-corrected chi connectivity index (χ2v) is 5.66. The molecule has 2 rings (SSSR count). The van der Waals surface area contributed by atoms with Crippen LogP contribution in [0, 0.1) is 0 Å². The van der Waals surface area contributed by atoms with Gasteiger partial charge in [0.25, 0.3) is 0 Å². The third-order valence-electron chi connectivity index (χ3n) is 3.90. The zero-order valence-electron chi connectivity index (χ0n) is 12.7. The number of esters is 1. The van der Waals surface area contributed by atoms with E-state index in [1.54, 1.807) is 0 Å². The minimum Gasteiger partial charge on any atom is -0.467 e. The van der Waals surface area contributed by atoms with E-state index in [4.69, 9.17) is 15.2 Å². The van der Waals surface area contributed by atoms with E-state index in [2.05, 4.69) is 0 Å². The molecule has 21 heavy (non-hydrogen) atoms. The van der Waals surface area contributed by atoms with Gasteiger partial charge in [0.15, 0.2) is 5.54 Å². The smallest absolute Gasteiger partial charge is 0.331 e. The van der Waals surface area contributed by atoms with E-state index in [1.165, 1.54) is 7.11 Å². The molecule has 1 aliphatic heterocycles. The molecule has 116 valence electrons. The number of ether oxygens (including phenoxy) is 2. The summed E-state index contributed by atoms with van der Waals surface area (Å²) < 4.78 is 10.6. The highest BCUT2D eigenvalue weighted by Gasteiger charge is 2.38. The SMILES string of the molecule is COC(=O)C(N)(CN(C)CC1CCCO1)c1ccccc1. The van der Waals surface area contributed by atoms with Crippen molar-refractivity contribution >= 4 is 5.97 Å². The molecule has 1 aromatic rings. The van der Waals surface area contributed by atoms with Gasteiger partial charge in [-0.2, -0.15) is 0 Å². The Morgan fingerprint density at radius 2 is 2.19 bits per heavy atom. The van der Waals surface area contributed by atoms with Crippen molar-refractivity contribution in [3.8, 4) is 0 Å². The summed E-state index contributed by atoms with van der Waals surface area (Å²) in [5.41, 5.74) is 5.99. The highest BCUT2D eigenvalue weighted by molar-refractivity contribution is 5.82. The molecule has 0 amide bonds. The normalized spacial score (nSPS) is 21.2. The largest absolute Gasteiger partial charge is 0.467 e. The number of hydrogen-bond acceptors (Lipinski definition) is 5.